The van der Waals surface area contributed by atoms with Gasteiger partial charge >= 0.3 is 5.97 Å². The summed E-state index contributed by atoms with van der Waals surface area (Å²) in [7, 11) is 1.11. The second-order valence-electron chi connectivity index (χ2n) is 5.30. The Morgan fingerprint density at radius 1 is 1.11 bits per heavy atom. The molecule has 0 saturated heterocycles. The molecule has 11 nitrogen and oxygen atoms in total. The quantitative estimate of drug-likeness (QED) is 0.348. The Hall–Kier alpha value is -4.02. The van der Waals surface area contributed by atoms with Crippen molar-refractivity contribution in [3.8, 4) is 5.75 Å². The Morgan fingerprint density at radius 3 is 2.33 bits per heavy atom. The molecule has 1 amide bonds. The van der Waals surface area contributed by atoms with Crippen LogP contribution in [0.4, 0.5) is 17.1 Å². The fourth-order valence-corrected chi connectivity index (χ4v) is 2.32. The molecule has 0 aliphatic rings. The second-order valence-corrected chi connectivity index (χ2v) is 5.30. The summed E-state index contributed by atoms with van der Waals surface area (Å²) in [5.41, 5.74) is -2.02. The summed E-state index contributed by atoms with van der Waals surface area (Å²) in [6, 6.07) is 5.55. The summed E-state index contributed by atoms with van der Waals surface area (Å²) in [6.45, 7) is 1.27. The number of hydrogen-bond donors (Lipinski definition) is 2. The van der Waals surface area contributed by atoms with Gasteiger partial charge in [0.15, 0.2) is 5.75 Å². The van der Waals surface area contributed by atoms with E-state index in [1.54, 1.807) is 0 Å². The third kappa shape index (κ3) is 3.81. The van der Waals surface area contributed by atoms with Crippen LogP contribution in [-0.4, -0.2) is 33.9 Å². The molecule has 0 radical (unpaired) electrons. The van der Waals surface area contributed by atoms with Crippen LogP contribution in [0.15, 0.2) is 30.3 Å². The highest BCUT2D eigenvalue weighted by Crippen LogP contribution is 2.31. The Morgan fingerprint density at radius 2 is 1.78 bits per heavy atom. The van der Waals surface area contributed by atoms with E-state index in [-0.39, 0.29) is 22.4 Å². The zero-order valence-electron chi connectivity index (χ0n) is 14.1. The Balaban J connectivity index is 2.49. The smallest absolute Gasteiger partial charge is 0.341 e. The number of nitro groups is 2. The first-order valence-electron chi connectivity index (χ1n) is 7.32. The molecule has 0 aliphatic carbocycles. The van der Waals surface area contributed by atoms with Crippen molar-refractivity contribution in [3.05, 3.63) is 67.3 Å². The standard InChI is InChI=1S/C16H13N3O8/c1-8-11(6-9(18(23)24)7-13(8)19(25)26)15(21)17-12-5-3-4-10(14(12)20)16(22)27-2/h3-7,20H,1-2H3,(H,17,21). The van der Waals surface area contributed by atoms with Gasteiger partial charge in [0.05, 0.1) is 34.3 Å². The van der Waals surface area contributed by atoms with Gasteiger partial charge in [0.1, 0.15) is 5.56 Å². The lowest BCUT2D eigenvalue weighted by Crippen LogP contribution is -2.15. The lowest BCUT2D eigenvalue weighted by molar-refractivity contribution is -0.394. The van der Waals surface area contributed by atoms with E-state index in [1.165, 1.54) is 25.1 Å². The summed E-state index contributed by atoms with van der Waals surface area (Å²) >= 11 is 0. The SMILES string of the molecule is COC(=O)c1cccc(NC(=O)c2cc([N+](=O)[O-])cc([N+](=O)[O-])c2C)c1O. The van der Waals surface area contributed by atoms with Crippen LogP contribution >= 0.6 is 0 Å². The molecule has 2 rings (SSSR count). The summed E-state index contributed by atoms with van der Waals surface area (Å²) in [5.74, 6) is -2.35. The summed E-state index contributed by atoms with van der Waals surface area (Å²) in [4.78, 5) is 44.5. The first-order chi connectivity index (χ1) is 12.7. The minimum atomic E-state index is -0.934. The minimum Gasteiger partial charge on any atom is -0.505 e. The number of methoxy groups -OCH3 is 1. The molecule has 0 aromatic heterocycles. The van der Waals surface area contributed by atoms with Crippen molar-refractivity contribution in [3.63, 3.8) is 0 Å². The van der Waals surface area contributed by atoms with Gasteiger partial charge in [-0.25, -0.2) is 4.79 Å². The number of nitrogens with one attached hydrogen (secondary N) is 1. The second kappa shape index (κ2) is 7.47. The van der Waals surface area contributed by atoms with Gasteiger partial charge in [-0.1, -0.05) is 6.07 Å². The normalized spacial score (nSPS) is 10.1. The number of benzene rings is 2. The molecule has 0 aliphatic heterocycles. The largest absolute Gasteiger partial charge is 0.505 e. The van der Waals surface area contributed by atoms with Gasteiger partial charge in [0.25, 0.3) is 17.3 Å². The molecular formula is C16H13N3O8. The third-order valence-corrected chi connectivity index (χ3v) is 3.71. The van der Waals surface area contributed by atoms with E-state index < -0.39 is 38.8 Å². The lowest BCUT2D eigenvalue weighted by atomic mass is 10.0. The Kier molecular flexibility index (Phi) is 5.34. The van der Waals surface area contributed by atoms with Crippen LogP contribution in [0.2, 0.25) is 0 Å². The number of hydrogen-bond acceptors (Lipinski definition) is 8. The molecular weight excluding hydrogens is 362 g/mol. The Bertz CT molecular complexity index is 970. The number of non-ortho nitro benzene ring substituents is 1. The zero-order chi connectivity index (χ0) is 20.3. The number of phenolic OH excluding ortho intramolecular Hbond substituents is 1. The minimum absolute atomic E-state index is 0.0910. The van der Waals surface area contributed by atoms with Crippen molar-refractivity contribution in [1.82, 2.24) is 0 Å². The van der Waals surface area contributed by atoms with E-state index in [2.05, 4.69) is 10.1 Å². The van der Waals surface area contributed by atoms with E-state index in [4.69, 9.17) is 0 Å². The van der Waals surface area contributed by atoms with Crippen molar-refractivity contribution in [2.45, 2.75) is 6.92 Å². The molecule has 2 aromatic rings. The maximum atomic E-state index is 12.5. The zero-order valence-corrected chi connectivity index (χ0v) is 14.1. The summed E-state index contributed by atoms with van der Waals surface area (Å²) < 4.78 is 4.50. The molecule has 140 valence electrons. The van der Waals surface area contributed by atoms with Crippen LogP contribution in [-0.2, 0) is 4.74 Å². The van der Waals surface area contributed by atoms with Gasteiger partial charge in [-0.2, -0.15) is 0 Å². The van der Waals surface area contributed by atoms with E-state index in [9.17, 15) is 34.9 Å². The van der Waals surface area contributed by atoms with E-state index >= 15 is 0 Å². The number of rotatable bonds is 5. The monoisotopic (exact) mass is 375 g/mol. The summed E-state index contributed by atoms with van der Waals surface area (Å²) in [6.07, 6.45) is 0. The molecule has 0 heterocycles. The van der Waals surface area contributed by atoms with Crippen LogP contribution in [0.1, 0.15) is 26.3 Å². The van der Waals surface area contributed by atoms with E-state index in [0.29, 0.717) is 0 Å². The van der Waals surface area contributed by atoms with Crippen molar-refractivity contribution >= 4 is 28.9 Å². The highest BCUT2D eigenvalue weighted by molar-refractivity contribution is 6.08. The van der Waals surface area contributed by atoms with Crippen LogP contribution in [0, 0.1) is 27.2 Å². The van der Waals surface area contributed by atoms with Crippen LogP contribution < -0.4 is 5.32 Å². The Labute approximate surface area is 151 Å². The lowest BCUT2D eigenvalue weighted by Gasteiger charge is -2.11. The molecule has 0 unspecified atom stereocenters. The number of amides is 1. The summed E-state index contributed by atoms with van der Waals surface area (Å²) in [5, 5.41) is 34.5. The fraction of sp³-hybridized carbons (Fsp3) is 0.125. The molecule has 0 atom stereocenters. The first kappa shape index (κ1) is 19.3. The predicted octanol–water partition coefficient (Wildman–Crippen LogP) is 2.56. The van der Waals surface area contributed by atoms with Crippen molar-refractivity contribution in [2.24, 2.45) is 0 Å². The molecule has 2 N–H and O–H groups in total. The van der Waals surface area contributed by atoms with Gasteiger partial charge < -0.3 is 15.2 Å². The van der Waals surface area contributed by atoms with E-state index in [0.717, 1.165) is 19.2 Å². The van der Waals surface area contributed by atoms with Crippen molar-refractivity contribution < 1.29 is 29.3 Å². The van der Waals surface area contributed by atoms with E-state index in [1.807, 2.05) is 0 Å². The molecule has 27 heavy (non-hydrogen) atoms. The average molecular weight is 375 g/mol. The van der Waals surface area contributed by atoms with Crippen molar-refractivity contribution in [2.75, 3.05) is 12.4 Å². The molecule has 2 aromatic carbocycles. The number of carbonyl (C=O) groups excluding carboxylic acids is 2. The highest BCUT2D eigenvalue weighted by atomic mass is 16.6. The van der Waals surface area contributed by atoms with Gasteiger partial charge in [0, 0.05) is 11.6 Å². The molecule has 0 spiro atoms. The topological polar surface area (TPSA) is 162 Å². The maximum Gasteiger partial charge on any atom is 0.341 e. The fourth-order valence-electron chi connectivity index (χ4n) is 2.32. The number of esters is 1. The number of anilines is 1. The van der Waals surface area contributed by atoms with Gasteiger partial charge in [-0.05, 0) is 19.1 Å². The number of carbonyl (C=O) groups is 2. The van der Waals surface area contributed by atoms with Gasteiger partial charge in [-0.15, -0.1) is 0 Å². The first-order valence-corrected chi connectivity index (χ1v) is 7.32. The van der Waals surface area contributed by atoms with Gasteiger partial charge in [0.2, 0.25) is 0 Å². The number of phenols is 1. The molecule has 0 fully saturated rings. The number of para-hydroxylation sites is 1. The van der Waals surface area contributed by atoms with Crippen LogP contribution in [0.25, 0.3) is 0 Å². The average Bonchev–Trinajstić information content (AvgIpc) is 2.62. The number of nitro benzene ring substituents is 2. The molecule has 0 saturated carbocycles. The molecule has 11 heteroatoms. The number of aromatic hydroxyl groups is 1. The van der Waals surface area contributed by atoms with Gasteiger partial charge in [-0.3, -0.25) is 25.0 Å². The third-order valence-electron chi connectivity index (χ3n) is 3.71. The van der Waals surface area contributed by atoms with Crippen molar-refractivity contribution in [1.29, 1.82) is 0 Å². The predicted molar refractivity (Wildman–Crippen MR) is 91.9 cm³/mol. The number of nitrogens with zero attached hydrogens (tertiary/aromatic N) is 2. The number of ether oxygens (including phenoxy) is 1. The molecule has 0 bridgehead atoms. The van der Waals surface area contributed by atoms with Crippen LogP contribution in [0.5, 0.6) is 5.75 Å². The maximum absolute atomic E-state index is 12.5. The highest BCUT2D eigenvalue weighted by Gasteiger charge is 2.25. The van der Waals surface area contributed by atoms with Crippen LogP contribution in [0.3, 0.4) is 0 Å².